The Morgan fingerprint density at radius 2 is 1.92 bits per heavy atom. The molecule has 0 aliphatic rings. The lowest BCUT2D eigenvalue weighted by atomic mass is 10.5. The van der Waals surface area contributed by atoms with E-state index in [2.05, 4.69) is 11.1 Å². The Hall–Kier alpha value is -1.30. The zero-order valence-electron chi connectivity index (χ0n) is 7.04. The maximum absolute atomic E-state index is 9.87. The van der Waals surface area contributed by atoms with Crippen LogP contribution in [0.4, 0.5) is 4.79 Å². The first-order chi connectivity index (χ1) is 5.54. The first kappa shape index (κ1) is 13.3. The lowest BCUT2D eigenvalue weighted by molar-refractivity contribution is -0.135. The normalized spacial score (nSPS) is 7.83. The van der Waals surface area contributed by atoms with Gasteiger partial charge in [-0.05, 0) is 6.42 Å². The standard InChI is InChI=1S/C4H10N2O.C2H5NO2/c1-2-3-6-4(5)7;3-1-2(4)5/h2-3H2,1H3,(H3,5,6,7);1,3H2,(H,4,5). The second-order valence-electron chi connectivity index (χ2n) is 1.89. The molecule has 0 atom stereocenters. The van der Waals surface area contributed by atoms with Gasteiger partial charge in [0.2, 0.25) is 0 Å². The van der Waals surface area contributed by atoms with Gasteiger partial charge >= 0.3 is 12.0 Å². The molecule has 2 amide bonds. The summed E-state index contributed by atoms with van der Waals surface area (Å²) in [7, 11) is 0. The molecule has 0 rings (SSSR count). The Balaban J connectivity index is 0. The number of nitrogens with one attached hydrogen (secondary N) is 1. The van der Waals surface area contributed by atoms with E-state index >= 15 is 0 Å². The molecule has 72 valence electrons. The van der Waals surface area contributed by atoms with E-state index in [1.807, 2.05) is 6.92 Å². The van der Waals surface area contributed by atoms with Crippen LogP contribution in [-0.2, 0) is 4.79 Å². The van der Waals surface area contributed by atoms with Crippen LogP contribution in [0.5, 0.6) is 0 Å². The molecule has 6 N–H and O–H groups in total. The number of urea groups is 1. The van der Waals surface area contributed by atoms with E-state index in [9.17, 15) is 9.59 Å². The fourth-order valence-electron chi connectivity index (χ4n) is 0.248. The number of carbonyl (C=O) groups excluding carboxylic acids is 1. The number of carbonyl (C=O) groups is 2. The van der Waals surface area contributed by atoms with Gasteiger partial charge in [0.05, 0.1) is 6.54 Å². The number of carboxylic acids is 1. The van der Waals surface area contributed by atoms with E-state index in [0.717, 1.165) is 6.42 Å². The number of hydrogen-bond donors (Lipinski definition) is 4. The van der Waals surface area contributed by atoms with Crippen molar-refractivity contribution >= 4 is 12.0 Å². The van der Waals surface area contributed by atoms with Crippen LogP contribution in [0.25, 0.3) is 0 Å². The Labute approximate surface area is 70.9 Å². The van der Waals surface area contributed by atoms with Crippen molar-refractivity contribution in [2.24, 2.45) is 11.5 Å². The zero-order chi connectivity index (χ0) is 9.98. The van der Waals surface area contributed by atoms with Gasteiger partial charge in [-0.1, -0.05) is 6.92 Å². The van der Waals surface area contributed by atoms with Crippen molar-refractivity contribution in [2.45, 2.75) is 13.3 Å². The minimum Gasteiger partial charge on any atom is -0.480 e. The van der Waals surface area contributed by atoms with Crippen LogP contribution >= 0.6 is 0 Å². The van der Waals surface area contributed by atoms with Gasteiger partial charge in [0, 0.05) is 6.54 Å². The Morgan fingerprint density at radius 3 is 2.00 bits per heavy atom. The van der Waals surface area contributed by atoms with E-state index in [-0.39, 0.29) is 6.54 Å². The van der Waals surface area contributed by atoms with Gasteiger partial charge in [0.25, 0.3) is 0 Å². The lowest BCUT2D eigenvalue weighted by Crippen LogP contribution is -2.29. The van der Waals surface area contributed by atoms with Crippen LogP contribution in [0, 0.1) is 0 Å². The molecule has 0 fully saturated rings. The molecule has 0 saturated heterocycles. The van der Waals surface area contributed by atoms with Gasteiger partial charge in [-0.3, -0.25) is 4.79 Å². The second kappa shape index (κ2) is 9.70. The first-order valence-electron chi connectivity index (χ1n) is 3.49. The van der Waals surface area contributed by atoms with Crippen LogP contribution < -0.4 is 16.8 Å². The van der Waals surface area contributed by atoms with E-state index in [1.54, 1.807) is 0 Å². The molecule has 0 aliphatic carbocycles. The summed E-state index contributed by atoms with van der Waals surface area (Å²) >= 11 is 0. The fraction of sp³-hybridized carbons (Fsp3) is 0.667. The highest BCUT2D eigenvalue weighted by Crippen LogP contribution is 1.66. The van der Waals surface area contributed by atoms with Gasteiger partial charge < -0.3 is 21.9 Å². The van der Waals surface area contributed by atoms with Crippen molar-refractivity contribution < 1.29 is 14.7 Å². The maximum atomic E-state index is 9.87. The molecule has 0 heterocycles. The minimum atomic E-state index is -0.968. The number of nitrogens with two attached hydrogens (primary N) is 2. The Bertz CT molecular complexity index is 138. The molecule has 0 aliphatic heterocycles. The summed E-state index contributed by atoms with van der Waals surface area (Å²) in [6, 6.07) is -0.443. The molecule has 6 nitrogen and oxygen atoms in total. The van der Waals surface area contributed by atoms with Crippen LogP contribution in [0.15, 0.2) is 0 Å². The second-order valence-corrected chi connectivity index (χ2v) is 1.89. The average Bonchev–Trinajstić information content (AvgIpc) is 2.02. The minimum absolute atomic E-state index is 0.278. The molecule has 0 radical (unpaired) electrons. The van der Waals surface area contributed by atoms with Crippen LogP contribution in [0.3, 0.4) is 0 Å². The molecular weight excluding hydrogens is 162 g/mol. The maximum Gasteiger partial charge on any atom is 0.317 e. The highest BCUT2D eigenvalue weighted by atomic mass is 16.4. The van der Waals surface area contributed by atoms with Crippen LogP contribution in [0.1, 0.15) is 13.3 Å². The van der Waals surface area contributed by atoms with E-state index < -0.39 is 12.0 Å². The average molecular weight is 177 g/mol. The van der Waals surface area contributed by atoms with E-state index in [0.29, 0.717) is 6.54 Å². The number of hydrogen-bond acceptors (Lipinski definition) is 3. The van der Waals surface area contributed by atoms with E-state index in [4.69, 9.17) is 10.8 Å². The number of primary amides is 1. The number of carboxylic acid groups (broad SMARTS) is 1. The summed E-state index contributed by atoms with van der Waals surface area (Å²) in [6.07, 6.45) is 0.933. The summed E-state index contributed by atoms with van der Waals surface area (Å²) in [5.41, 5.74) is 9.30. The monoisotopic (exact) mass is 177 g/mol. The van der Waals surface area contributed by atoms with Crippen molar-refractivity contribution in [3.63, 3.8) is 0 Å². The summed E-state index contributed by atoms with van der Waals surface area (Å²) in [6.45, 7) is 2.37. The third-order valence-electron chi connectivity index (χ3n) is 0.724. The van der Waals surface area contributed by atoms with Gasteiger partial charge in [-0.15, -0.1) is 0 Å². The number of amides is 2. The molecule has 0 spiro atoms. The van der Waals surface area contributed by atoms with E-state index in [1.165, 1.54) is 0 Å². The predicted molar refractivity (Wildman–Crippen MR) is 44.6 cm³/mol. The topological polar surface area (TPSA) is 118 Å². The highest BCUT2D eigenvalue weighted by Gasteiger charge is 1.83. The van der Waals surface area contributed by atoms with Crippen LogP contribution in [0.2, 0.25) is 0 Å². The molecule has 0 unspecified atom stereocenters. The molecule has 0 saturated carbocycles. The van der Waals surface area contributed by atoms with Crippen molar-refractivity contribution in [2.75, 3.05) is 13.1 Å². The molecule has 0 aromatic rings. The molecule has 0 bridgehead atoms. The smallest absolute Gasteiger partial charge is 0.317 e. The number of aliphatic carboxylic acids is 1. The van der Waals surface area contributed by atoms with Crippen molar-refractivity contribution in [3.05, 3.63) is 0 Å². The highest BCUT2D eigenvalue weighted by molar-refractivity contribution is 5.71. The molecule has 0 aromatic heterocycles. The largest absolute Gasteiger partial charge is 0.480 e. The molecule has 6 heteroatoms. The first-order valence-corrected chi connectivity index (χ1v) is 3.49. The van der Waals surface area contributed by atoms with Gasteiger partial charge in [-0.25, -0.2) is 4.79 Å². The zero-order valence-corrected chi connectivity index (χ0v) is 7.04. The van der Waals surface area contributed by atoms with Gasteiger partial charge in [0.15, 0.2) is 0 Å². The quantitative estimate of drug-likeness (QED) is 0.446. The Kier molecular flexibility index (Phi) is 10.8. The summed E-state index contributed by atoms with van der Waals surface area (Å²) in [4.78, 5) is 19.1. The van der Waals surface area contributed by atoms with Gasteiger partial charge in [-0.2, -0.15) is 0 Å². The summed E-state index contributed by atoms with van der Waals surface area (Å²) in [5, 5.41) is 10.0. The Morgan fingerprint density at radius 1 is 1.50 bits per heavy atom. The summed E-state index contributed by atoms with van der Waals surface area (Å²) < 4.78 is 0. The van der Waals surface area contributed by atoms with Gasteiger partial charge in [0.1, 0.15) is 0 Å². The van der Waals surface area contributed by atoms with Crippen LogP contribution in [-0.4, -0.2) is 30.2 Å². The predicted octanol–water partition coefficient (Wildman–Crippen LogP) is -0.906. The van der Waals surface area contributed by atoms with Crippen molar-refractivity contribution in [3.8, 4) is 0 Å². The van der Waals surface area contributed by atoms with Crippen molar-refractivity contribution in [1.82, 2.24) is 5.32 Å². The molecular formula is C6H15N3O3. The third kappa shape index (κ3) is 23.4. The van der Waals surface area contributed by atoms with Crippen molar-refractivity contribution in [1.29, 1.82) is 0 Å². The fourth-order valence-corrected chi connectivity index (χ4v) is 0.248. The third-order valence-corrected chi connectivity index (χ3v) is 0.724. The lowest BCUT2D eigenvalue weighted by Gasteiger charge is -1.93. The number of rotatable bonds is 3. The summed E-state index contributed by atoms with van der Waals surface area (Å²) in [5.74, 6) is -0.968. The molecule has 0 aromatic carbocycles. The molecule has 12 heavy (non-hydrogen) atoms. The SMILES string of the molecule is CCCNC(N)=O.NCC(=O)O.